The van der Waals surface area contributed by atoms with E-state index in [0.717, 1.165) is 33.3 Å². The number of ether oxygens (including phenoxy) is 1. The van der Waals surface area contributed by atoms with E-state index in [1.165, 1.54) is 11.3 Å². The normalized spacial score (nSPS) is 16.1. The molecule has 6 rings (SSSR count). The molecule has 2 aromatic heterocycles. The zero-order valence-corrected chi connectivity index (χ0v) is 24.5. The van der Waals surface area contributed by atoms with Gasteiger partial charge in [-0.05, 0) is 41.7 Å². The fraction of sp³-hybridized carbons (Fsp3) is 0.355. The number of fused-ring (bicyclic) bond motifs is 3. The first-order chi connectivity index (χ1) is 20.6. The van der Waals surface area contributed by atoms with Crippen LogP contribution in [0.15, 0.2) is 51.7 Å². The summed E-state index contributed by atoms with van der Waals surface area (Å²) in [5.74, 6) is -2.61. The predicted molar refractivity (Wildman–Crippen MR) is 158 cm³/mol. The topological polar surface area (TPSA) is 136 Å². The summed E-state index contributed by atoms with van der Waals surface area (Å²) < 4.78 is 12.1. The molecule has 12 heteroatoms. The van der Waals surface area contributed by atoms with Gasteiger partial charge in [0, 0.05) is 36.5 Å². The summed E-state index contributed by atoms with van der Waals surface area (Å²) in [7, 11) is 0. The number of carbonyl (C=O) groups excluding carboxylic acids is 4. The lowest BCUT2D eigenvalue weighted by Gasteiger charge is -2.40. The maximum Gasteiger partial charge on any atom is 0.346 e. The van der Waals surface area contributed by atoms with Crippen molar-refractivity contribution in [2.45, 2.75) is 51.4 Å². The summed E-state index contributed by atoms with van der Waals surface area (Å²) in [6.45, 7) is 5.53. The molecule has 4 aromatic rings. The number of imide groups is 1. The minimum Gasteiger partial charge on any atom is -0.464 e. The SMILES string of the molecule is CC1(C)CCN(CCOC(=O)CCC(=O)ON2C(=O)CCC2=O)c2cc3oc(=O)c(-c4nc5ccccc5s4)cc3cc21. The lowest BCUT2D eigenvalue weighted by Crippen LogP contribution is -2.39. The van der Waals surface area contributed by atoms with Gasteiger partial charge in [-0.15, -0.1) is 16.4 Å². The van der Waals surface area contributed by atoms with E-state index in [-0.39, 0.29) is 37.7 Å². The summed E-state index contributed by atoms with van der Waals surface area (Å²) in [5.41, 5.74) is 3.12. The molecular weight excluding hydrogens is 574 g/mol. The van der Waals surface area contributed by atoms with Gasteiger partial charge in [0.1, 0.15) is 17.2 Å². The molecule has 0 spiro atoms. The van der Waals surface area contributed by atoms with E-state index in [4.69, 9.17) is 14.0 Å². The van der Waals surface area contributed by atoms with Crippen molar-refractivity contribution in [2.75, 3.05) is 24.6 Å². The third-order valence-corrected chi connectivity index (χ3v) is 8.88. The number of aromatic nitrogens is 1. The lowest BCUT2D eigenvalue weighted by atomic mass is 9.77. The number of nitrogens with zero attached hydrogens (tertiary/aromatic N) is 3. The first kappa shape index (κ1) is 28.5. The number of hydrogen-bond acceptors (Lipinski definition) is 11. The molecule has 0 atom stereocenters. The number of hydrogen-bond donors (Lipinski definition) is 0. The first-order valence-electron chi connectivity index (χ1n) is 14.0. The van der Waals surface area contributed by atoms with Crippen LogP contribution < -0.4 is 10.5 Å². The standard InChI is InChI=1S/C31H29N3O8S/c1-31(2)11-12-33(13-14-40-27(37)9-10-28(38)42-34-25(35)7-8-26(34)36)22-17-23-18(16-20(22)31)15-19(30(39)41-23)29-32-21-5-3-4-6-24(21)43-29/h3-6,15-17H,7-14H2,1-2H3. The van der Waals surface area contributed by atoms with Crippen LogP contribution in [0, 0.1) is 0 Å². The smallest absolute Gasteiger partial charge is 0.346 e. The average molecular weight is 604 g/mol. The molecule has 11 nitrogen and oxygen atoms in total. The number of amides is 2. The third-order valence-electron chi connectivity index (χ3n) is 7.81. The van der Waals surface area contributed by atoms with Crippen molar-refractivity contribution >= 4 is 62.0 Å². The summed E-state index contributed by atoms with van der Waals surface area (Å²) >= 11 is 1.45. The van der Waals surface area contributed by atoms with Gasteiger partial charge in [0.15, 0.2) is 0 Å². The van der Waals surface area contributed by atoms with Crippen LogP contribution >= 0.6 is 11.3 Å². The minimum atomic E-state index is -0.854. The van der Waals surface area contributed by atoms with E-state index < -0.39 is 29.4 Å². The molecule has 0 saturated carbocycles. The molecule has 2 aliphatic rings. The van der Waals surface area contributed by atoms with E-state index in [1.54, 1.807) is 0 Å². The Balaban J connectivity index is 1.13. The van der Waals surface area contributed by atoms with Gasteiger partial charge in [-0.1, -0.05) is 26.0 Å². The van der Waals surface area contributed by atoms with Crippen LogP contribution in [0.25, 0.3) is 31.8 Å². The number of carbonyl (C=O) groups is 4. The molecule has 0 aliphatic carbocycles. The van der Waals surface area contributed by atoms with Gasteiger partial charge in [0.05, 0.1) is 35.2 Å². The first-order valence-corrected chi connectivity index (χ1v) is 14.9. The summed E-state index contributed by atoms with van der Waals surface area (Å²) in [5, 5.41) is 1.87. The zero-order valence-electron chi connectivity index (χ0n) is 23.7. The maximum atomic E-state index is 13.0. The zero-order chi connectivity index (χ0) is 30.3. The Labute approximate surface area is 249 Å². The highest BCUT2D eigenvalue weighted by Gasteiger charge is 2.34. The molecule has 2 aromatic carbocycles. The second-order valence-electron chi connectivity index (χ2n) is 11.2. The highest BCUT2D eigenvalue weighted by molar-refractivity contribution is 7.21. The molecule has 4 heterocycles. The number of anilines is 1. The van der Waals surface area contributed by atoms with Crippen molar-refractivity contribution in [1.29, 1.82) is 0 Å². The summed E-state index contributed by atoms with van der Waals surface area (Å²) in [4.78, 5) is 71.9. The molecule has 0 bridgehead atoms. The third kappa shape index (κ3) is 5.74. The van der Waals surface area contributed by atoms with E-state index >= 15 is 0 Å². The van der Waals surface area contributed by atoms with Crippen LogP contribution in [0.4, 0.5) is 5.69 Å². The van der Waals surface area contributed by atoms with Crippen LogP contribution in [0.2, 0.25) is 0 Å². The van der Waals surface area contributed by atoms with Crippen molar-refractivity contribution in [3.05, 3.63) is 58.4 Å². The van der Waals surface area contributed by atoms with Crippen LogP contribution in [0.1, 0.15) is 51.5 Å². The van der Waals surface area contributed by atoms with Gasteiger partial charge in [-0.2, -0.15) is 0 Å². The van der Waals surface area contributed by atoms with Crippen molar-refractivity contribution in [3.63, 3.8) is 0 Å². The molecular formula is C31H29N3O8S. The minimum absolute atomic E-state index is 0.00188. The number of thiazole rings is 1. The Bertz CT molecular complexity index is 1790. The second-order valence-corrected chi connectivity index (χ2v) is 12.3. The fourth-order valence-corrected chi connectivity index (χ4v) is 6.32. The maximum absolute atomic E-state index is 13.0. The largest absolute Gasteiger partial charge is 0.464 e. The van der Waals surface area contributed by atoms with E-state index in [1.807, 2.05) is 36.4 Å². The molecule has 222 valence electrons. The fourth-order valence-electron chi connectivity index (χ4n) is 5.35. The van der Waals surface area contributed by atoms with Crippen LogP contribution in [-0.4, -0.2) is 53.5 Å². The molecule has 0 radical (unpaired) electrons. The highest BCUT2D eigenvalue weighted by Crippen LogP contribution is 2.42. The van der Waals surface area contributed by atoms with Crippen LogP contribution in [0.5, 0.6) is 0 Å². The molecule has 1 saturated heterocycles. The molecule has 1 fully saturated rings. The average Bonchev–Trinajstić information content (AvgIpc) is 3.55. The van der Waals surface area contributed by atoms with Crippen molar-refractivity contribution < 1.29 is 33.2 Å². The summed E-state index contributed by atoms with van der Waals surface area (Å²) in [6, 6.07) is 13.5. The Morgan fingerprint density at radius 2 is 1.77 bits per heavy atom. The quantitative estimate of drug-likeness (QED) is 0.161. The van der Waals surface area contributed by atoms with Crippen molar-refractivity contribution in [2.24, 2.45) is 0 Å². The lowest BCUT2D eigenvalue weighted by molar-refractivity contribution is -0.197. The number of rotatable bonds is 8. The Hall–Kier alpha value is -4.58. The van der Waals surface area contributed by atoms with Gasteiger partial charge in [-0.25, -0.2) is 14.6 Å². The van der Waals surface area contributed by atoms with Crippen molar-refractivity contribution in [3.8, 4) is 10.6 Å². The Kier molecular flexibility index (Phi) is 7.47. The number of esters is 1. The Morgan fingerprint density at radius 1 is 1.02 bits per heavy atom. The number of benzene rings is 2. The van der Waals surface area contributed by atoms with Gasteiger partial charge in [0.25, 0.3) is 11.8 Å². The van der Waals surface area contributed by atoms with Crippen LogP contribution in [-0.2, 0) is 34.2 Å². The van der Waals surface area contributed by atoms with Gasteiger partial charge < -0.3 is 18.9 Å². The van der Waals surface area contributed by atoms with E-state index in [2.05, 4.69) is 29.8 Å². The molecule has 43 heavy (non-hydrogen) atoms. The van der Waals surface area contributed by atoms with Crippen LogP contribution in [0.3, 0.4) is 0 Å². The van der Waals surface area contributed by atoms with Crippen molar-refractivity contribution in [1.82, 2.24) is 10.0 Å². The van der Waals surface area contributed by atoms with Gasteiger partial charge in [0.2, 0.25) is 0 Å². The predicted octanol–water partition coefficient (Wildman–Crippen LogP) is 4.49. The molecule has 2 aliphatic heterocycles. The molecule has 0 unspecified atom stereocenters. The molecule has 2 amide bonds. The second kappa shape index (κ2) is 11.3. The van der Waals surface area contributed by atoms with E-state index in [9.17, 15) is 24.0 Å². The van der Waals surface area contributed by atoms with Gasteiger partial charge in [-0.3, -0.25) is 14.4 Å². The number of para-hydroxylation sites is 1. The Morgan fingerprint density at radius 3 is 2.53 bits per heavy atom. The monoisotopic (exact) mass is 603 g/mol. The number of hydroxylamine groups is 2. The summed E-state index contributed by atoms with van der Waals surface area (Å²) in [6.07, 6.45) is 0.295. The molecule has 0 N–H and O–H groups in total. The van der Waals surface area contributed by atoms with E-state index in [0.29, 0.717) is 34.3 Å². The highest BCUT2D eigenvalue weighted by atomic mass is 32.1. The van der Waals surface area contributed by atoms with Gasteiger partial charge >= 0.3 is 17.6 Å².